The number of hydrogen-bond acceptors (Lipinski definition) is 4. The normalized spacial score (nSPS) is 14.1. The first kappa shape index (κ1) is 13.5. The van der Waals surface area contributed by atoms with Crippen LogP contribution in [-0.2, 0) is 19.3 Å². The maximum Gasteiger partial charge on any atom is 0.345 e. The van der Waals surface area contributed by atoms with Crippen molar-refractivity contribution < 1.29 is 4.79 Å². The highest BCUT2D eigenvalue weighted by Gasteiger charge is 2.18. The molecule has 0 radical (unpaired) electrons. The molecular weight excluding hydrogens is 296 g/mol. The number of nitrogens with zero attached hydrogens (tertiary/aromatic N) is 1. The lowest BCUT2D eigenvalue weighted by Gasteiger charge is -2.08. The Morgan fingerprint density at radius 2 is 2.20 bits per heavy atom. The molecule has 2 aromatic rings. The standard InChI is InChI=1S/C14H13ClN2O2S/c15-9-7-16-14(19)17-10(9)6-11(18)13-5-8-3-1-2-4-12(8)20-13/h5,7H,1-4,6H2,(H,16,17,19). The molecule has 0 saturated carbocycles. The zero-order valence-electron chi connectivity index (χ0n) is 10.7. The molecule has 0 fully saturated rings. The van der Waals surface area contributed by atoms with Gasteiger partial charge in [-0.05, 0) is 37.3 Å². The van der Waals surface area contributed by atoms with E-state index in [2.05, 4.69) is 9.97 Å². The van der Waals surface area contributed by atoms with E-state index in [4.69, 9.17) is 11.6 Å². The Balaban J connectivity index is 1.84. The van der Waals surface area contributed by atoms with E-state index in [-0.39, 0.29) is 12.2 Å². The summed E-state index contributed by atoms with van der Waals surface area (Å²) in [7, 11) is 0. The predicted molar refractivity (Wildman–Crippen MR) is 78.9 cm³/mol. The number of thiophene rings is 1. The van der Waals surface area contributed by atoms with Crippen molar-refractivity contribution in [2.24, 2.45) is 0 Å². The van der Waals surface area contributed by atoms with E-state index in [1.54, 1.807) is 11.3 Å². The van der Waals surface area contributed by atoms with Crippen molar-refractivity contribution in [2.45, 2.75) is 32.1 Å². The van der Waals surface area contributed by atoms with Crippen LogP contribution in [0.25, 0.3) is 0 Å². The minimum atomic E-state index is -0.484. The average molecular weight is 309 g/mol. The van der Waals surface area contributed by atoms with Crippen molar-refractivity contribution >= 4 is 28.7 Å². The zero-order chi connectivity index (χ0) is 14.1. The van der Waals surface area contributed by atoms with Crippen LogP contribution in [-0.4, -0.2) is 15.8 Å². The minimum Gasteiger partial charge on any atom is -0.308 e. The van der Waals surface area contributed by atoms with Crippen LogP contribution in [0, 0.1) is 0 Å². The molecule has 0 aromatic carbocycles. The Morgan fingerprint density at radius 1 is 1.40 bits per heavy atom. The molecule has 3 rings (SSSR count). The molecule has 1 N–H and O–H groups in total. The van der Waals surface area contributed by atoms with Gasteiger partial charge in [0, 0.05) is 10.6 Å². The fourth-order valence-electron chi connectivity index (χ4n) is 2.42. The third-order valence-corrected chi connectivity index (χ3v) is 5.05. The van der Waals surface area contributed by atoms with Gasteiger partial charge in [-0.1, -0.05) is 11.6 Å². The maximum atomic E-state index is 12.3. The van der Waals surface area contributed by atoms with Crippen LogP contribution in [0.15, 0.2) is 17.1 Å². The molecule has 4 nitrogen and oxygen atoms in total. The summed E-state index contributed by atoms with van der Waals surface area (Å²) >= 11 is 7.52. The van der Waals surface area contributed by atoms with Crippen LogP contribution in [0.4, 0.5) is 0 Å². The second kappa shape index (κ2) is 5.50. The van der Waals surface area contributed by atoms with Crippen LogP contribution in [0.3, 0.4) is 0 Å². The summed E-state index contributed by atoms with van der Waals surface area (Å²) < 4.78 is 0. The van der Waals surface area contributed by atoms with E-state index in [1.165, 1.54) is 29.5 Å². The monoisotopic (exact) mass is 308 g/mol. The lowest BCUT2D eigenvalue weighted by molar-refractivity contribution is 0.0995. The fourth-order valence-corrected chi connectivity index (χ4v) is 3.77. The summed E-state index contributed by atoms with van der Waals surface area (Å²) in [5, 5.41) is 0.319. The highest BCUT2D eigenvalue weighted by Crippen LogP contribution is 2.30. The number of H-pyrrole nitrogens is 1. The average Bonchev–Trinajstić information content (AvgIpc) is 2.87. The first-order chi connectivity index (χ1) is 9.63. The molecule has 0 spiro atoms. The van der Waals surface area contributed by atoms with Gasteiger partial charge < -0.3 is 4.98 Å². The third-order valence-electron chi connectivity index (χ3n) is 3.45. The van der Waals surface area contributed by atoms with Crippen molar-refractivity contribution in [1.82, 2.24) is 9.97 Å². The topological polar surface area (TPSA) is 62.8 Å². The number of fused-ring (bicyclic) bond motifs is 1. The van der Waals surface area contributed by atoms with Gasteiger partial charge in [-0.2, -0.15) is 0 Å². The van der Waals surface area contributed by atoms with Gasteiger partial charge in [0.15, 0.2) is 5.78 Å². The Hall–Kier alpha value is -1.46. The van der Waals surface area contributed by atoms with E-state index in [0.29, 0.717) is 10.7 Å². The number of rotatable bonds is 3. The maximum absolute atomic E-state index is 12.3. The molecule has 104 valence electrons. The SMILES string of the molecule is O=C(Cc1[nH]c(=O)ncc1Cl)c1cc2c(s1)CCCC2. The van der Waals surface area contributed by atoms with E-state index >= 15 is 0 Å². The van der Waals surface area contributed by atoms with Crippen molar-refractivity contribution in [3.63, 3.8) is 0 Å². The number of carbonyl (C=O) groups is 1. The Labute approximate surface area is 124 Å². The molecule has 2 heterocycles. The van der Waals surface area contributed by atoms with Crippen molar-refractivity contribution in [3.05, 3.63) is 48.8 Å². The molecule has 6 heteroatoms. The van der Waals surface area contributed by atoms with Crippen molar-refractivity contribution in [1.29, 1.82) is 0 Å². The number of halogens is 1. The number of nitrogens with one attached hydrogen (secondary N) is 1. The molecule has 0 saturated heterocycles. The number of aromatic amines is 1. The number of ketones is 1. The van der Waals surface area contributed by atoms with Gasteiger partial charge in [0.25, 0.3) is 0 Å². The summed E-state index contributed by atoms with van der Waals surface area (Å²) in [6.07, 6.45) is 5.91. The molecule has 0 aliphatic heterocycles. The van der Waals surface area contributed by atoms with Gasteiger partial charge in [0.2, 0.25) is 0 Å². The smallest absolute Gasteiger partial charge is 0.308 e. The number of aromatic nitrogens is 2. The van der Waals surface area contributed by atoms with E-state index in [1.807, 2.05) is 6.07 Å². The Bertz CT molecular complexity index is 697. The molecule has 2 aromatic heterocycles. The summed E-state index contributed by atoms with van der Waals surface area (Å²) in [6.45, 7) is 0. The lowest BCUT2D eigenvalue weighted by Crippen LogP contribution is -2.15. The van der Waals surface area contributed by atoms with Gasteiger partial charge in [-0.15, -0.1) is 11.3 Å². The highest BCUT2D eigenvalue weighted by molar-refractivity contribution is 7.14. The molecule has 20 heavy (non-hydrogen) atoms. The summed E-state index contributed by atoms with van der Waals surface area (Å²) in [6, 6.07) is 1.99. The van der Waals surface area contributed by atoms with Crippen molar-refractivity contribution in [2.75, 3.05) is 0 Å². The number of carbonyl (C=O) groups excluding carboxylic acids is 1. The number of Topliss-reactive ketones (excluding diaryl/α,β-unsaturated/α-hetero) is 1. The van der Waals surface area contributed by atoms with Crippen molar-refractivity contribution in [3.8, 4) is 0 Å². The van der Waals surface area contributed by atoms with Gasteiger partial charge in [0.05, 0.1) is 22.5 Å². The van der Waals surface area contributed by atoms with Gasteiger partial charge in [0.1, 0.15) is 0 Å². The molecule has 0 atom stereocenters. The molecule has 1 aliphatic rings. The van der Waals surface area contributed by atoms with E-state index in [0.717, 1.165) is 17.7 Å². The highest BCUT2D eigenvalue weighted by atomic mass is 35.5. The first-order valence-corrected chi connectivity index (χ1v) is 7.71. The van der Waals surface area contributed by atoms with Gasteiger partial charge >= 0.3 is 5.69 Å². The third kappa shape index (κ3) is 2.69. The predicted octanol–water partition coefficient (Wildman–Crippen LogP) is 2.79. The summed E-state index contributed by atoms with van der Waals surface area (Å²) in [4.78, 5) is 31.6. The largest absolute Gasteiger partial charge is 0.345 e. The lowest BCUT2D eigenvalue weighted by atomic mass is 9.99. The molecule has 0 unspecified atom stereocenters. The second-order valence-corrected chi connectivity index (χ2v) is 6.42. The first-order valence-electron chi connectivity index (χ1n) is 6.52. The summed E-state index contributed by atoms with van der Waals surface area (Å²) in [5.41, 5.74) is 1.25. The zero-order valence-corrected chi connectivity index (χ0v) is 12.3. The second-order valence-electron chi connectivity index (χ2n) is 4.88. The molecular formula is C14H13ClN2O2S. The number of aryl methyl sites for hydroxylation is 2. The quantitative estimate of drug-likeness (QED) is 0.887. The summed E-state index contributed by atoms with van der Waals surface area (Å²) in [5.74, 6) is -0.00634. The fraction of sp³-hybridized carbons (Fsp3) is 0.357. The number of hydrogen-bond donors (Lipinski definition) is 1. The van der Waals surface area contributed by atoms with E-state index in [9.17, 15) is 9.59 Å². The Morgan fingerprint density at radius 3 is 3.00 bits per heavy atom. The van der Waals surface area contributed by atoms with Crippen LogP contribution >= 0.6 is 22.9 Å². The van der Waals surface area contributed by atoms with Crippen LogP contribution in [0.2, 0.25) is 5.02 Å². The molecule has 0 amide bonds. The van der Waals surface area contributed by atoms with Gasteiger partial charge in [-0.25, -0.2) is 9.78 Å². The van der Waals surface area contributed by atoms with Crippen LogP contribution < -0.4 is 5.69 Å². The Kier molecular flexibility index (Phi) is 3.72. The minimum absolute atomic E-state index is 0.00634. The molecule has 0 bridgehead atoms. The van der Waals surface area contributed by atoms with Gasteiger partial charge in [-0.3, -0.25) is 4.79 Å². The van der Waals surface area contributed by atoms with Crippen LogP contribution in [0.1, 0.15) is 38.6 Å². The van der Waals surface area contributed by atoms with E-state index < -0.39 is 5.69 Å². The molecule has 1 aliphatic carbocycles. The van der Waals surface area contributed by atoms with Crippen LogP contribution in [0.5, 0.6) is 0 Å².